The van der Waals surface area contributed by atoms with Gasteiger partial charge < -0.3 is 0 Å². The molecule has 1 nitrogen and oxygen atoms in total. The summed E-state index contributed by atoms with van der Waals surface area (Å²) in [5, 5.41) is 5.52. The molecule has 0 saturated carbocycles. The van der Waals surface area contributed by atoms with Crippen molar-refractivity contribution >= 4 is 34.9 Å². The van der Waals surface area contributed by atoms with E-state index in [2.05, 4.69) is 94.2 Å². The van der Waals surface area contributed by atoms with Crippen LogP contribution in [-0.2, 0) is 5.41 Å². The average Bonchev–Trinajstić information content (AvgIpc) is 2.63. The number of nitrogens with zero attached hydrogens (tertiary/aromatic N) is 1. The molecule has 0 N–H and O–H groups in total. The largest absolute Gasteiger partial charge is 0.247 e. The summed E-state index contributed by atoms with van der Waals surface area (Å²) in [7, 11) is -1.45. The zero-order valence-electron chi connectivity index (χ0n) is 16.7. The molecular formula is C25H25NSi. The lowest BCUT2D eigenvalue weighted by molar-refractivity contribution is 0.643. The Labute approximate surface area is 162 Å². The Morgan fingerprint density at radius 1 is 0.815 bits per heavy atom. The smallest absolute Gasteiger partial charge is 0.0784 e. The van der Waals surface area contributed by atoms with Gasteiger partial charge in [0, 0.05) is 11.0 Å². The molecule has 0 atom stereocenters. The molecule has 0 amide bonds. The van der Waals surface area contributed by atoms with Gasteiger partial charge in [0.05, 0.1) is 19.3 Å². The highest BCUT2D eigenvalue weighted by Crippen LogP contribution is 2.48. The van der Waals surface area contributed by atoms with Gasteiger partial charge in [-0.1, -0.05) is 87.2 Å². The third-order valence-corrected chi connectivity index (χ3v) is 8.23. The summed E-state index contributed by atoms with van der Waals surface area (Å²) in [6.45, 7) is 12.0. The zero-order valence-corrected chi connectivity index (χ0v) is 17.7. The van der Waals surface area contributed by atoms with Crippen LogP contribution < -0.4 is 5.19 Å². The predicted molar refractivity (Wildman–Crippen MR) is 120 cm³/mol. The van der Waals surface area contributed by atoms with Gasteiger partial charge in [0.15, 0.2) is 0 Å². The van der Waals surface area contributed by atoms with E-state index in [9.17, 15) is 0 Å². The van der Waals surface area contributed by atoms with Gasteiger partial charge in [0.2, 0.25) is 0 Å². The van der Waals surface area contributed by atoms with Crippen molar-refractivity contribution in [2.75, 3.05) is 0 Å². The quantitative estimate of drug-likeness (QED) is 0.363. The van der Waals surface area contributed by atoms with Crippen molar-refractivity contribution in [2.24, 2.45) is 0 Å². The molecule has 27 heavy (non-hydrogen) atoms. The van der Waals surface area contributed by atoms with Crippen molar-refractivity contribution < 1.29 is 0 Å². The molecule has 3 aromatic carbocycles. The van der Waals surface area contributed by atoms with E-state index >= 15 is 0 Å². The van der Waals surface area contributed by atoms with Crippen LogP contribution in [0.25, 0.3) is 32.9 Å². The summed E-state index contributed by atoms with van der Waals surface area (Å²) in [4.78, 5) is 5.23. The summed E-state index contributed by atoms with van der Waals surface area (Å²) in [5.41, 5.74) is 6.27. The molecule has 5 rings (SSSR count). The van der Waals surface area contributed by atoms with Gasteiger partial charge in [-0.15, -0.1) is 0 Å². The van der Waals surface area contributed by atoms with Crippen LogP contribution in [-0.4, -0.2) is 13.1 Å². The first-order valence-electron chi connectivity index (χ1n) is 9.76. The van der Waals surface area contributed by atoms with Crippen molar-refractivity contribution in [2.45, 2.75) is 38.9 Å². The highest BCUT2D eigenvalue weighted by molar-refractivity contribution is 6.90. The number of hydrogen-bond donors (Lipinski definition) is 0. The Morgan fingerprint density at radius 3 is 2.26 bits per heavy atom. The molecule has 0 saturated heterocycles. The summed E-state index contributed by atoms with van der Waals surface area (Å²) >= 11 is 0. The Hall–Kier alpha value is -2.45. The minimum atomic E-state index is -1.45. The Balaban J connectivity index is 1.96. The molecule has 0 fully saturated rings. The molecule has 2 heteroatoms. The van der Waals surface area contributed by atoms with Crippen LogP contribution in [0.2, 0.25) is 19.6 Å². The maximum Gasteiger partial charge on any atom is 0.0784 e. The van der Waals surface area contributed by atoms with Crippen molar-refractivity contribution in [1.29, 1.82) is 0 Å². The van der Waals surface area contributed by atoms with Crippen molar-refractivity contribution in [3.05, 3.63) is 71.8 Å². The standard InChI is InChI=1S/C25H25NSi/c1-25(2)19-12-7-10-16-9-6-11-17(23(16)19)24-20(25)15-18-21(26-24)13-8-14-22(18)27(3,4)5/h6-15H,1-5H3. The number of rotatable bonds is 1. The lowest BCUT2D eigenvalue weighted by Crippen LogP contribution is -2.38. The average molecular weight is 368 g/mol. The summed E-state index contributed by atoms with van der Waals surface area (Å²) in [6, 6.07) is 22.4. The second-order valence-corrected chi connectivity index (χ2v) is 14.4. The SMILES string of the molecule is CC1(C)c2cc3c([Si](C)(C)C)cccc3nc2-c2cccc3cccc1c23. The van der Waals surface area contributed by atoms with Crippen molar-refractivity contribution in [3.8, 4) is 11.3 Å². The Kier molecular flexibility index (Phi) is 3.28. The van der Waals surface area contributed by atoms with Gasteiger partial charge in [-0.05, 0) is 39.4 Å². The fourth-order valence-corrected chi connectivity index (χ4v) is 6.34. The van der Waals surface area contributed by atoms with Crippen molar-refractivity contribution in [3.63, 3.8) is 0 Å². The first kappa shape index (κ1) is 16.7. The van der Waals surface area contributed by atoms with E-state index in [1.165, 1.54) is 38.0 Å². The number of pyridine rings is 1. The molecular weight excluding hydrogens is 342 g/mol. The topological polar surface area (TPSA) is 12.9 Å². The minimum absolute atomic E-state index is 0.0586. The number of aromatic nitrogens is 1. The van der Waals surface area contributed by atoms with Gasteiger partial charge in [0.1, 0.15) is 0 Å². The van der Waals surface area contributed by atoms with Crippen LogP contribution in [0.15, 0.2) is 60.7 Å². The summed E-state index contributed by atoms with van der Waals surface area (Å²) < 4.78 is 0. The van der Waals surface area contributed by atoms with Crippen LogP contribution in [0, 0.1) is 0 Å². The molecule has 1 aromatic heterocycles. The molecule has 0 aliphatic heterocycles. The maximum absolute atomic E-state index is 5.23. The van der Waals surface area contributed by atoms with Crippen LogP contribution in [0.5, 0.6) is 0 Å². The minimum Gasteiger partial charge on any atom is -0.247 e. The van der Waals surface area contributed by atoms with Crippen molar-refractivity contribution in [1.82, 2.24) is 4.98 Å². The van der Waals surface area contributed by atoms with E-state index in [-0.39, 0.29) is 5.41 Å². The van der Waals surface area contributed by atoms with E-state index in [4.69, 9.17) is 4.98 Å². The fraction of sp³-hybridized carbons (Fsp3) is 0.240. The molecule has 134 valence electrons. The van der Waals surface area contributed by atoms with Gasteiger partial charge in [-0.3, -0.25) is 0 Å². The molecule has 0 unspecified atom stereocenters. The van der Waals surface area contributed by atoms with Gasteiger partial charge >= 0.3 is 0 Å². The first-order chi connectivity index (χ1) is 12.8. The Bertz CT molecular complexity index is 1220. The molecule has 0 radical (unpaired) electrons. The van der Waals surface area contributed by atoms with E-state index in [1.54, 1.807) is 0 Å². The van der Waals surface area contributed by atoms with Gasteiger partial charge in [-0.2, -0.15) is 0 Å². The first-order valence-corrected chi connectivity index (χ1v) is 13.3. The number of benzene rings is 3. The molecule has 4 aromatic rings. The third-order valence-electron chi connectivity index (χ3n) is 6.17. The third kappa shape index (κ3) is 2.26. The number of fused-ring (bicyclic) bond motifs is 3. The number of hydrogen-bond acceptors (Lipinski definition) is 1. The maximum atomic E-state index is 5.23. The lowest BCUT2D eigenvalue weighted by atomic mass is 9.70. The van der Waals surface area contributed by atoms with Crippen LogP contribution in [0.3, 0.4) is 0 Å². The molecule has 1 aliphatic rings. The summed E-state index contributed by atoms with van der Waals surface area (Å²) in [6.07, 6.45) is 0. The van der Waals surface area contributed by atoms with Crippen LogP contribution >= 0.6 is 0 Å². The monoisotopic (exact) mass is 367 g/mol. The fourth-order valence-electron chi connectivity index (χ4n) is 4.74. The van der Waals surface area contributed by atoms with Gasteiger partial charge in [-0.25, -0.2) is 4.98 Å². The van der Waals surface area contributed by atoms with E-state index < -0.39 is 8.07 Å². The lowest BCUT2D eigenvalue weighted by Gasteiger charge is -2.35. The van der Waals surface area contributed by atoms with E-state index in [0.29, 0.717) is 0 Å². The zero-order chi connectivity index (χ0) is 19.0. The highest BCUT2D eigenvalue weighted by atomic mass is 28.3. The second-order valence-electron chi connectivity index (χ2n) is 9.34. The predicted octanol–water partition coefficient (Wildman–Crippen LogP) is 6.24. The van der Waals surface area contributed by atoms with Crippen LogP contribution in [0.1, 0.15) is 25.0 Å². The Morgan fingerprint density at radius 2 is 1.52 bits per heavy atom. The van der Waals surface area contributed by atoms with Gasteiger partial charge in [0.25, 0.3) is 0 Å². The molecule has 0 bridgehead atoms. The van der Waals surface area contributed by atoms with E-state index in [0.717, 1.165) is 11.2 Å². The molecule has 1 aliphatic carbocycles. The van der Waals surface area contributed by atoms with E-state index in [1.807, 2.05) is 0 Å². The van der Waals surface area contributed by atoms with Crippen LogP contribution in [0.4, 0.5) is 0 Å². The highest BCUT2D eigenvalue weighted by Gasteiger charge is 2.35. The summed E-state index contributed by atoms with van der Waals surface area (Å²) in [5.74, 6) is 0. The molecule has 0 spiro atoms. The molecule has 1 heterocycles. The normalized spacial score (nSPS) is 15.1. The second kappa shape index (κ2) is 5.29.